The number of halogens is 3. The first-order valence-electron chi connectivity index (χ1n) is 6.26. The summed E-state index contributed by atoms with van der Waals surface area (Å²) >= 11 is 5.98. The summed E-state index contributed by atoms with van der Waals surface area (Å²) in [6.07, 6.45) is 1.35. The number of hydrogen-bond acceptors (Lipinski definition) is 2. The molecule has 3 nitrogen and oxygen atoms in total. The molecule has 0 bridgehead atoms. The van der Waals surface area contributed by atoms with Crippen LogP contribution in [-0.2, 0) is 0 Å². The number of carbonyl (C=O) groups is 1. The summed E-state index contributed by atoms with van der Waals surface area (Å²) in [6.45, 7) is 3.31. The first-order valence-corrected chi connectivity index (χ1v) is 6.64. The third-order valence-corrected chi connectivity index (χ3v) is 3.32. The van der Waals surface area contributed by atoms with Crippen molar-refractivity contribution >= 4 is 17.5 Å². The highest BCUT2D eigenvalue weighted by atomic mass is 35.5. The Morgan fingerprint density at radius 1 is 1.33 bits per heavy atom. The van der Waals surface area contributed by atoms with Gasteiger partial charge in [-0.15, -0.1) is 0 Å². The predicted octanol–water partition coefficient (Wildman–Crippen LogP) is 3.81. The number of rotatable bonds is 3. The van der Waals surface area contributed by atoms with E-state index >= 15 is 0 Å². The van der Waals surface area contributed by atoms with Crippen molar-refractivity contribution in [3.8, 4) is 0 Å². The van der Waals surface area contributed by atoms with Crippen LogP contribution < -0.4 is 5.32 Å². The van der Waals surface area contributed by atoms with E-state index in [9.17, 15) is 13.6 Å². The van der Waals surface area contributed by atoms with Gasteiger partial charge < -0.3 is 5.32 Å². The largest absolute Gasteiger partial charge is 0.345 e. The van der Waals surface area contributed by atoms with Gasteiger partial charge in [-0.25, -0.2) is 8.78 Å². The second-order valence-electron chi connectivity index (χ2n) is 4.67. The minimum atomic E-state index is -0.703. The van der Waals surface area contributed by atoms with Crippen LogP contribution in [0.15, 0.2) is 30.5 Å². The number of aromatic nitrogens is 1. The molecule has 0 saturated heterocycles. The Morgan fingerprint density at radius 2 is 2.05 bits per heavy atom. The lowest BCUT2D eigenvalue weighted by Crippen LogP contribution is -2.27. The predicted molar refractivity (Wildman–Crippen MR) is 76.2 cm³/mol. The molecule has 1 unspecified atom stereocenters. The number of amides is 1. The van der Waals surface area contributed by atoms with E-state index in [1.165, 1.54) is 6.20 Å². The molecule has 0 aliphatic heterocycles. The Balaban J connectivity index is 2.20. The van der Waals surface area contributed by atoms with Gasteiger partial charge in [0.2, 0.25) is 0 Å². The van der Waals surface area contributed by atoms with E-state index in [4.69, 9.17) is 11.6 Å². The Bertz CT molecular complexity index is 691. The molecular formula is C15H13ClF2N2O. The van der Waals surface area contributed by atoms with Crippen molar-refractivity contribution in [1.29, 1.82) is 0 Å². The summed E-state index contributed by atoms with van der Waals surface area (Å²) in [6, 6.07) is 3.95. The Labute approximate surface area is 126 Å². The van der Waals surface area contributed by atoms with Gasteiger partial charge in [-0.05, 0) is 38.1 Å². The molecule has 2 rings (SSSR count). The second kappa shape index (κ2) is 6.18. The van der Waals surface area contributed by atoms with Gasteiger partial charge in [0.1, 0.15) is 11.6 Å². The second-order valence-corrected chi connectivity index (χ2v) is 5.07. The lowest BCUT2D eigenvalue weighted by molar-refractivity contribution is 0.0939. The van der Waals surface area contributed by atoms with E-state index in [-0.39, 0.29) is 16.1 Å². The van der Waals surface area contributed by atoms with Gasteiger partial charge in [0.25, 0.3) is 5.91 Å². The highest BCUT2D eigenvalue weighted by Gasteiger charge is 2.17. The zero-order valence-corrected chi connectivity index (χ0v) is 12.2. The van der Waals surface area contributed by atoms with Crippen LogP contribution in [0.2, 0.25) is 5.02 Å². The van der Waals surface area contributed by atoms with Crippen molar-refractivity contribution in [1.82, 2.24) is 10.3 Å². The molecule has 0 aliphatic carbocycles. The molecule has 0 fully saturated rings. The van der Waals surface area contributed by atoms with E-state index in [0.29, 0.717) is 5.69 Å². The SMILES string of the molecule is Cc1cc(Cl)c(C(=O)NC(C)c2cc(F)ccc2F)cn1. The van der Waals surface area contributed by atoms with Crippen LogP contribution in [0.4, 0.5) is 8.78 Å². The van der Waals surface area contributed by atoms with Gasteiger partial charge >= 0.3 is 0 Å². The van der Waals surface area contributed by atoms with Crippen LogP contribution in [0.25, 0.3) is 0 Å². The number of nitrogens with one attached hydrogen (secondary N) is 1. The fourth-order valence-electron chi connectivity index (χ4n) is 1.89. The number of carbonyl (C=O) groups excluding carboxylic acids is 1. The Morgan fingerprint density at radius 3 is 2.71 bits per heavy atom. The summed E-state index contributed by atoms with van der Waals surface area (Å²) in [5, 5.41) is 2.83. The molecule has 1 atom stereocenters. The molecule has 1 heterocycles. The van der Waals surface area contributed by atoms with Crippen molar-refractivity contribution in [3.05, 3.63) is 63.9 Å². The molecule has 1 aromatic heterocycles. The van der Waals surface area contributed by atoms with Crippen LogP contribution in [0.5, 0.6) is 0 Å². The first-order chi connectivity index (χ1) is 9.88. The number of benzene rings is 1. The van der Waals surface area contributed by atoms with Crippen molar-refractivity contribution < 1.29 is 13.6 Å². The third-order valence-electron chi connectivity index (χ3n) is 3.01. The maximum Gasteiger partial charge on any atom is 0.254 e. The number of pyridine rings is 1. The lowest BCUT2D eigenvalue weighted by Gasteiger charge is -2.15. The summed E-state index contributed by atoms with van der Waals surface area (Å²) in [5.41, 5.74) is 0.936. The van der Waals surface area contributed by atoms with E-state index < -0.39 is 23.6 Å². The van der Waals surface area contributed by atoms with Gasteiger partial charge in [0, 0.05) is 17.5 Å². The maximum atomic E-state index is 13.6. The van der Waals surface area contributed by atoms with E-state index in [0.717, 1.165) is 18.2 Å². The van der Waals surface area contributed by atoms with Crippen molar-refractivity contribution in [2.24, 2.45) is 0 Å². The Hall–Kier alpha value is -2.01. The fourth-order valence-corrected chi connectivity index (χ4v) is 2.18. The van der Waals surface area contributed by atoms with Crippen LogP contribution in [0.1, 0.15) is 34.6 Å². The van der Waals surface area contributed by atoms with Crippen LogP contribution >= 0.6 is 11.6 Å². The Kier molecular flexibility index (Phi) is 4.53. The monoisotopic (exact) mass is 310 g/mol. The number of nitrogens with zero attached hydrogens (tertiary/aromatic N) is 1. The fraction of sp³-hybridized carbons (Fsp3) is 0.200. The number of hydrogen-bond donors (Lipinski definition) is 1. The molecule has 0 radical (unpaired) electrons. The molecule has 1 aromatic carbocycles. The molecule has 0 aliphatic rings. The highest BCUT2D eigenvalue weighted by Crippen LogP contribution is 2.20. The van der Waals surface area contributed by atoms with Crippen LogP contribution in [0, 0.1) is 18.6 Å². The van der Waals surface area contributed by atoms with Crippen molar-refractivity contribution in [2.75, 3.05) is 0 Å². The van der Waals surface area contributed by atoms with Crippen LogP contribution in [0.3, 0.4) is 0 Å². The first kappa shape index (κ1) is 15.4. The van der Waals surface area contributed by atoms with Gasteiger partial charge in [0.15, 0.2) is 0 Å². The summed E-state index contributed by atoms with van der Waals surface area (Å²) in [5.74, 6) is -1.65. The lowest BCUT2D eigenvalue weighted by atomic mass is 10.1. The smallest absolute Gasteiger partial charge is 0.254 e. The normalized spacial score (nSPS) is 12.0. The van der Waals surface area contributed by atoms with Crippen molar-refractivity contribution in [2.45, 2.75) is 19.9 Å². The molecule has 1 N–H and O–H groups in total. The average molecular weight is 311 g/mol. The van der Waals surface area contributed by atoms with E-state index in [2.05, 4.69) is 10.3 Å². The topological polar surface area (TPSA) is 42.0 Å². The summed E-state index contributed by atoms with van der Waals surface area (Å²) in [7, 11) is 0. The van der Waals surface area contributed by atoms with Gasteiger partial charge in [-0.2, -0.15) is 0 Å². The molecule has 6 heteroatoms. The van der Waals surface area contributed by atoms with Gasteiger partial charge in [-0.3, -0.25) is 9.78 Å². The third kappa shape index (κ3) is 3.55. The number of aryl methyl sites for hydroxylation is 1. The van der Waals surface area contributed by atoms with Gasteiger partial charge in [-0.1, -0.05) is 11.6 Å². The molecule has 0 spiro atoms. The van der Waals surface area contributed by atoms with Crippen molar-refractivity contribution in [3.63, 3.8) is 0 Å². The minimum Gasteiger partial charge on any atom is -0.345 e. The highest BCUT2D eigenvalue weighted by molar-refractivity contribution is 6.33. The molecule has 1 amide bonds. The average Bonchev–Trinajstić information content (AvgIpc) is 2.41. The van der Waals surface area contributed by atoms with E-state index in [1.807, 2.05) is 0 Å². The van der Waals surface area contributed by atoms with Gasteiger partial charge in [0.05, 0.1) is 16.6 Å². The van der Waals surface area contributed by atoms with Crippen LogP contribution in [-0.4, -0.2) is 10.9 Å². The molecule has 2 aromatic rings. The maximum absolute atomic E-state index is 13.6. The quantitative estimate of drug-likeness (QED) is 0.936. The van der Waals surface area contributed by atoms with E-state index in [1.54, 1.807) is 19.9 Å². The zero-order valence-electron chi connectivity index (χ0n) is 11.5. The minimum absolute atomic E-state index is 0.0690. The summed E-state index contributed by atoms with van der Waals surface area (Å²) < 4.78 is 26.8. The standard InChI is InChI=1S/C15H13ClF2N2O/c1-8-5-13(16)12(7-19-8)15(21)20-9(2)11-6-10(17)3-4-14(11)18/h3-7,9H,1-2H3,(H,20,21). The summed E-state index contributed by atoms with van der Waals surface area (Å²) in [4.78, 5) is 16.1. The zero-order chi connectivity index (χ0) is 15.6. The molecule has 0 saturated carbocycles. The molecule has 21 heavy (non-hydrogen) atoms. The molecular weight excluding hydrogens is 298 g/mol. The molecule has 110 valence electrons.